The third-order valence-corrected chi connectivity index (χ3v) is 5.58. The van der Waals surface area contributed by atoms with Crippen molar-refractivity contribution in [2.24, 2.45) is 7.05 Å². The van der Waals surface area contributed by atoms with Gasteiger partial charge < -0.3 is 4.57 Å². The molecule has 0 amide bonds. The van der Waals surface area contributed by atoms with Crippen molar-refractivity contribution in [3.05, 3.63) is 82.3 Å². The molecule has 2 aromatic carbocycles. The van der Waals surface area contributed by atoms with Crippen LogP contribution in [0.5, 0.6) is 0 Å². The summed E-state index contributed by atoms with van der Waals surface area (Å²) >= 11 is 0. The van der Waals surface area contributed by atoms with Gasteiger partial charge in [0.2, 0.25) is 9.84 Å². The first-order valence-corrected chi connectivity index (χ1v) is 8.87. The molecule has 0 atom stereocenters. The van der Waals surface area contributed by atoms with Gasteiger partial charge in [0.1, 0.15) is 0 Å². The van der Waals surface area contributed by atoms with Crippen LogP contribution in [0.1, 0.15) is 11.1 Å². The summed E-state index contributed by atoms with van der Waals surface area (Å²) in [5.41, 5.74) is 2.67. The number of benzene rings is 2. The van der Waals surface area contributed by atoms with Crippen molar-refractivity contribution in [3.8, 4) is 0 Å². The number of aromatic nitrogens is 1. The number of nitrogens with zero attached hydrogens (tertiary/aromatic N) is 2. The van der Waals surface area contributed by atoms with Crippen LogP contribution in [0.15, 0.2) is 64.7 Å². The van der Waals surface area contributed by atoms with E-state index in [4.69, 9.17) is 6.57 Å². The summed E-state index contributed by atoms with van der Waals surface area (Å²) < 4.78 is 27.4. The molecule has 1 aromatic heterocycles. The highest BCUT2D eigenvalue weighted by Gasteiger charge is 2.22. The molecule has 0 saturated carbocycles. The zero-order valence-corrected chi connectivity index (χ0v) is 14.2. The number of rotatable bonds is 3. The summed E-state index contributed by atoms with van der Waals surface area (Å²) in [7, 11) is -1.93. The molecule has 5 heteroatoms. The van der Waals surface area contributed by atoms with E-state index in [0.717, 1.165) is 22.0 Å². The molecule has 24 heavy (non-hydrogen) atoms. The molecule has 120 valence electrons. The largest absolute Gasteiger partial charge is 0.350 e. The maximum Gasteiger partial charge on any atom is 0.283 e. The molecule has 0 aliphatic rings. The maximum atomic E-state index is 12.7. The Balaban J connectivity index is 2.16. The molecule has 1 heterocycles. The van der Waals surface area contributed by atoms with Gasteiger partial charge in [-0.2, -0.15) is 0 Å². The molecule has 0 spiro atoms. The summed E-state index contributed by atoms with van der Waals surface area (Å²) in [5, 5.41) is 0.642. The molecule has 3 rings (SSSR count). The maximum absolute atomic E-state index is 12.7. The van der Waals surface area contributed by atoms with Crippen LogP contribution in [0.2, 0.25) is 0 Å². The number of hydrogen-bond donors (Lipinski definition) is 0. The van der Waals surface area contributed by atoms with E-state index in [1.54, 1.807) is 12.1 Å². The summed E-state index contributed by atoms with van der Waals surface area (Å²) in [6.45, 7) is 9.23. The van der Waals surface area contributed by atoms with Gasteiger partial charge in [0, 0.05) is 24.1 Å². The van der Waals surface area contributed by atoms with E-state index in [1.165, 1.54) is 18.2 Å². The first-order chi connectivity index (χ1) is 11.4. The quantitative estimate of drug-likeness (QED) is 0.674. The molecular weight excluding hydrogens is 320 g/mol. The topological polar surface area (TPSA) is 43.4 Å². The fourth-order valence-electron chi connectivity index (χ4n) is 2.63. The SMILES string of the molecule is [C-]#[N+]/C(=C\c1cn(C)c2ccccc12)S(=O)(=O)c1ccc(C)cc1. The van der Waals surface area contributed by atoms with Crippen molar-refractivity contribution in [1.29, 1.82) is 0 Å². The van der Waals surface area contributed by atoms with E-state index < -0.39 is 9.84 Å². The smallest absolute Gasteiger partial charge is 0.283 e. The lowest BCUT2D eigenvalue weighted by Gasteiger charge is -2.03. The van der Waals surface area contributed by atoms with Crippen LogP contribution in [-0.2, 0) is 16.9 Å². The predicted octanol–water partition coefficient (Wildman–Crippen LogP) is 4.18. The standard InChI is InChI=1S/C19H16N2O2S/c1-14-8-10-16(11-9-14)24(22,23)19(20-2)12-15-13-21(3)18-7-5-4-6-17(15)18/h4-13H,1,3H3/b19-12+. The number of sulfone groups is 1. The molecule has 0 N–H and O–H groups in total. The van der Waals surface area contributed by atoms with Gasteiger partial charge >= 0.3 is 0 Å². The molecule has 4 nitrogen and oxygen atoms in total. The third-order valence-electron chi connectivity index (χ3n) is 3.92. The fraction of sp³-hybridized carbons (Fsp3) is 0.105. The Morgan fingerprint density at radius 2 is 1.79 bits per heavy atom. The second-order valence-corrected chi connectivity index (χ2v) is 7.52. The van der Waals surface area contributed by atoms with E-state index in [9.17, 15) is 8.42 Å². The molecule has 0 saturated heterocycles. The number of hydrogen-bond acceptors (Lipinski definition) is 2. The fourth-order valence-corrected chi connectivity index (χ4v) is 3.77. The Hall–Kier alpha value is -2.84. The van der Waals surface area contributed by atoms with E-state index in [0.29, 0.717) is 0 Å². The van der Waals surface area contributed by atoms with Crippen LogP contribution in [0.4, 0.5) is 0 Å². The highest BCUT2D eigenvalue weighted by atomic mass is 32.2. The summed E-state index contributed by atoms with van der Waals surface area (Å²) in [6, 6.07) is 14.2. The van der Waals surface area contributed by atoms with Gasteiger partial charge in [-0.05, 0) is 36.8 Å². The number of aryl methyl sites for hydroxylation is 2. The number of fused-ring (bicyclic) bond motifs is 1. The van der Waals surface area contributed by atoms with Gasteiger partial charge in [0.25, 0.3) is 5.03 Å². The Morgan fingerprint density at radius 1 is 1.12 bits per heavy atom. The van der Waals surface area contributed by atoms with Gasteiger partial charge in [0.15, 0.2) is 0 Å². The van der Waals surface area contributed by atoms with Crippen molar-refractivity contribution in [2.45, 2.75) is 11.8 Å². The Kier molecular flexibility index (Phi) is 4.00. The van der Waals surface area contributed by atoms with Crippen molar-refractivity contribution in [2.75, 3.05) is 0 Å². The van der Waals surface area contributed by atoms with Crippen LogP contribution >= 0.6 is 0 Å². The highest BCUT2D eigenvalue weighted by molar-refractivity contribution is 7.95. The van der Waals surface area contributed by atoms with E-state index in [-0.39, 0.29) is 9.92 Å². The van der Waals surface area contributed by atoms with Crippen molar-refractivity contribution in [1.82, 2.24) is 4.57 Å². The predicted molar refractivity (Wildman–Crippen MR) is 95.9 cm³/mol. The minimum atomic E-state index is -3.83. The van der Waals surface area contributed by atoms with Crippen LogP contribution in [0, 0.1) is 13.5 Å². The van der Waals surface area contributed by atoms with Crippen molar-refractivity contribution >= 4 is 26.8 Å². The third kappa shape index (κ3) is 2.72. The van der Waals surface area contributed by atoms with Gasteiger partial charge in [0.05, 0.1) is 11.5 Å². The van der Waals surface area contributed by atoms with Crippen molar-refractivity contribution < 1.29 is 8.42 Å². The van der Waals surface area contributed by atoms with Crippen LogP contribution in [0.25, 0.3) is 21.8 Å². The highest BCUT2D eigenvalue weighted by Crippen LogP contribution is 2.27. The van der Waals surface area contributed by atoms with E-state index in [2.05, 4.69) is 4.85 Å². The monoisotopic (exact) mass is 336 g/mol. The minimum Gasteiger partial charge on any atom is -0.350 e. The lowest BCUT2D eigenvalue weighted by atomic mass is 10.2. The molecule has 0 bridgehead atoms. The van der Waals surface area contributed by atoms with Crippen LogP contribution in [-0.4, -0.2) is 13.0 Å². The van der Waals surface area contributed by atoms with E-state index >= 15 is 0 Å². The second-order valence-electron chi connectivity index (χ2n) is 5.62. The molecule has 0 unspecified atom stereocenters. The summed E-state index contributed by atoms with van der Waals surface area (Å²) in [6.07, 6.45) is 3.28. The van der Waals surface area contributed by atoms with Gasteiger partial charge in [-0.15, -0.1) is 0 Å². The molecule has 3 aromatic rings. The zero-order chi connectivity index (χ0) is 17.3. The minimum absolute atomic E-state index is 0.135. The average molecular weight is 336 g/mol. The Bertz CT molecular complexity index is 1080. The Labute approximate surface area is 141 Å². The molecule has 0 aliphatic heterocycles. The lowest BCUT2D eigenvalue weighted by Crippen LogP contribution is -2.02. The van der Waals surface area contributed by atoms with Gasteiger partial charge in [-0.3, -0.25) is 0 Å². The first-order valence-electron chi connectivity index (χ1n) is 7.38. The molecule has 0 aliphatic carbocycles. The van der Waals surface area contributed by atoms with Crippen LogP contribution in [0.3, 0.4) is 0 Å². The molecule has 0 fully saturated rings. The lowest BCUT2D eigenvalue weighted by molar-refractivity contribution is 0.603. The molecular formula is C19H16N2O2S. The number of para-hydroxylation sites is 1. The van der Waals surface area contributed by atoms with Crippen LogP contribution < -0.4 is 0 Å². The Morgan fingerprint density at radius 3 is 2.46 bits per heavy atom. The molecule has 0 radical (unpaired) electrons. The average Bonchev–Trinajstić information content (AvgIpc) is 2.89. The van der Waals surface area contributed by atoms with Crippen molar-refractivity contribution in [3.63, 3.8) is 0 Å². The van der Waals surface area contributed by atoms with E-state index in [1.807, 2.05) is 49.0 Å². The normalized spacial score (nSPS) is 12.3. The zero-order valence-electron chi connectivity index (χ0n) is 13.4. The summed E-state index contributed by atoms with van der Waals surface area (Å²) in [4.78, 5) is 3.42. The van der Waals surface area contributed by atoms with Gasteiger partial charge in [-0.1, -0.05) is 35.9 Å². The summed E-state index contributed by atoms with van der Waals surface area (Å²) in [5.74, 6) is 0. The first kappa shape index (κ1) is 16.0. The second kappa shape index (κ2) is 5.99. The van der Waals surface area contributed by atoms with Gasteiger partial charge in [-0.25, -0.2) is 13.3 Å².